The molecule has 2 rings (SSSR count). The van der Waals surface area contributed by atoms with Gasteiger partial charge in [0.05, 0.1) is 12.6 Å². The molecule has 2 amide bonds. The van der Waals surface area contributed by atoms with Crippen LogP contribution in [0.3, 0.4) is 0 Å². The average Bonchev–Trinajstić information content (AvgIpc) is 2.37. The zero-order valence-corrected chi connectivity index (χ0v) is 10.8. The van der Waals surface area contributed by atoms with Crippen LogP contribution in [0.1, 0.15) is 23.6 Å². The number of fused-ring (bicyclic) bond motifs is 1. The second kappa shape index (κ2) is 5.98. The highest BCUT2D eigenvalue weighted by molar-refractivity contribution is 5.93. The van der Waals surface area contributed by atoms with Gasteiger partial charge in [0, 0.05) is 17.7 Å². The van der Waals surface area contributed by atoms with E-state index in [2.05, 4.69) is 5.32 Å². The van der Waals surface area contributed by atoms with E-state index in [1.807, 2.05) is 0 Å². The van der Waals surface area contributed by atoms with E-state index < -0.39 is 17.8 Å². The summed E-state index contributed by atoms with van der Waals surface area (Å²) in [5, 5.41) is 2.61. The fourth-order valence-electron chi connectivity index (χ4n) is 2.08. The Bertz CT molecular complexity index is 548. The molecule has 1 aromatic carbocycles. The highest BCUT2D eigenvalue weighted by Gasteiger charge is 2.20. The largest absolute Gasteiger partial charge is 0.370 e. The Hall–Kier alpha value is -1.99. The molecule has 1 aromatic rings. The van der Waals surface area contributed by atoms with Gasteiger partial charge in [0.15, 0.2) is 0 Å². The van der Waals surface area contributed by atoms with Crippen molar-refractivity contribution in [2.75, 3.05) is 18.5 Å². The van der Waals surface area contributed by atoms with Crippen LogP contribution in [0.25, 0.3) is 0 Å². The second-order valence-electron chi connectivity index (χ2n) is 4.67. The van der Waals surface area contributed by atoms with Gasteiger partial charge in [0.25, 0.3) is 0 Å². The predicted octanol–water partition coefficient (Wildman–Crippen LogP) is 0.212. The van der Waals surface area contributed by atoms with Crippen LogP contribution in [0.5, 0.6) is 0 Å². The van der Waals surface area contributed by atoms with Crippen molar-refractivity contribution in [3.05, 3.63) is 29.1 Å². The highest BCUT2D eigenvalue weighted by atomic mass is 19.1. The number of nitrogens with one attached hydrogen (secondary N) is 1. The predicted molar refractivity (Wildman–Crippen MR) is 70.3 cm³/mol. The molecule has 0 fully saturated rings. The molecular weight excluding hydrogens is 265 g/mol. The van der Waals surface area contributed by atoms with Gasteiger partial charge in [0.1, 0.15) is 12.4 Å². The van der Waals surface area contributed by atoms with Crippen LogP contribution in [0.15, 0.2) is 12.1 Å². The van der Waals surface area contributed by atoms with Gasteiger partial charge in [-0.1, -0.05) is 0 Å². The summed E-state index contributed by atoms with van der Waals surface area (Å²) >= 11 is 0. The van der Waals surface area contributed by atoms with Crippen molar-refractivity contribution in [1.29, 1.82) is 0 Å². The first-order chi connectivity index (χ1) is 9.47. The fourth-order valence-corrected chi connectivity index (χ4v) is 2.08. The summed E-state index contributed by atoms with van der Waals surface area (Å²) in [7, 11) is 0. The van der Waals surface area contributed by atoms with E-state index in [4.69, 9.17) is 16.2 Å². The number of primary amides is 1. The first-order valence-electron chi connectivity index (χ1n) is 6.21. The van der Waals surface area contributed by atoms with Crippen molar-refractivity contribution in [3.8, 4) is 0 Å². The third-order valence-corrected chi connectivity index (χ3v) is 3.06. The summed E-state index contributed by atoms with van der Waals surface area (Å²) < 4.78 is 19.0. The molecule has 5 N–H and O–H groups in total. The molecule has 1 heterocycles. The molecule has 1 atom stereocenters. The Morgan fingerprint density at radius 3 is 2.90 bits per heavy atom. The van der Waals surface area contributed by atoms with Crippen LogP contribution >= 0.6 is 0 Å². The number of anilines is 1. The maximum absolute atomic E-state index is 14.0. The van der Waals surface area contributed by atoms with E-state index in [-0.39, 0.29) is 19.1 Å². The first kappa shape index (κ1) is 14.4. The highest BCUT2D eigenvalue weighted by Crippen LogP contribution is 2.28. The fraction of sp³-hybridized carbons (Fsp3) is 0.385. The van der Waals surface area contributed by atoms with E-state index in [9.17, 15) is 14.0 Å². The SMILES string of the molecule is NC(=O)COCC(N)c1cc2c(cc1F)NC(=O)CC2. The van der Waals surface area contributed by atoms with E-state index in [0.717, 1.165) is 5.56 Å². The molecule has 0 aromatic heterocycles. The molecule has 0 aliphatic carbocycles. The molecule has 1 aliphatic heterocycles. The number of hydrogen-bond donors (Lipinski definition) is 3. The normalized spacial score (nSPS) is 15.4. The maximum atomic E-state index is 14.0. The molecule has 20 heavy (non-hydrogen) atoms. The zero-order chi connectivity index (χ0) is 14.7. The van der Waals surface area contributed by atoms with Crippen molar-refractivity contribution in [3.63, 3.8) is 0 Å². The molecule has 108 valence electrons. The second-order valence-corrected chi connectivity index (χ2v) is 4.67. The monoisotopic (exact) mass is 281 g/mol. The van der Waals surface area contributed by atoms with Crippen molar-refractivity contribution < 1.29 is 18.7 Å². The number of ether oxygens (including phenoxy) is 1. The topological polar surface area (TPSA) is 107 Å². The van der Waals surface area contributed by atoms with Crippen molar-refractivity contribution in [1.82, 2.24) is 0 Å². The summed E-state index contributed by atoms with van der Waals surface area (Å²) in [5.41, 5.74) is 12.4. The molecular formula is C13H16FN3O3. The molecule has 1 aliphatic rings. The number of halogens is 1. The summed E-state index contributed by atoms with van der Waals surface area (Å²) in [6.45, 7) is -0.263. The van der Waals surface area contributed by atoms with Gasteiger partial charge in [-0.2, -0.15) is 0 Å². The smallest absolute Gasteiger partial charge is 0.243 e. The molecule has 0 radical (unpaired) electrons. The number of rotatable bonds is 5. The minimum atomic E-state index is -0.697. The van der Waals surface area contributed by atoms with Crippen LogP contribution in [-0.2, 0) is 20.7 Å². The molecule has 0 bridgehead atoms. The zero-order valence-electron chi connectivity index (χ0n) is 10.8. The lowest BCUT2D eigenvalue weighted by Crippen LogP contribution is -2.25. The lowest BCUT2D eigenvalue weighted by Gasteiger charge is -2.20. The van der Waals surface area contributed by atoms with Crippen molar-refractivity contribution in [2.24, 2.45) is 11.5 Å². The Kier molecular flexibility index (Phi) is 4.31. The standard InChI is InChI=1S/C13H16FN3O3/c14-9-4-11-7(1-2-13(19)17-11)3-8(9)10(15)5-20-6-12(16)18/h3-4,10H,1-2,5-6,15H2,(H2,16,18)(H,17,19). The van der Waals surface area contributed by atoms with Gasteiger partial charge < -0.3 is 21.5 Å². The van der Waals surface area contributed by atoms with E-state index in [1.165, 1.54) is 6.07 Å². The molecule has 0 saturated heterocycles. The lowest BCUT2D eigenvalue weighted by atomic mass is 9.97. The van der Waals surface area contributed by atoms with E-state index >= 15 is 0 Å². The van der Waals surface area contributed by atoms with E-state index in [1.54, 1.807) is 6.07 Å². The number of aryl methyl sites for hydroxylation is 1. The van der Waals surface area contributed by atoms with Crippen LogP contribution < -0.4 is 16.8 Å². The molecule has 1 unspecified atom stereocenters. The number of carbonyl (C=O) groups is 2. The quantitative estimate of drug-likeness (QED) is 0.717. The number of nitrogens with two attached hydrogens (primary N) is 2. The van der Waals surface area contributed by atoms with Crippen LogP contribution in [-0.4, -0.2) is 25.0 Å². The third kappa shape index (κ3) is 3.31. The van der Waals surface area contributed by atoms with Crippen LogP contribution in [0, 0.1) is 5.82 Å². The Morgan fingerprint density at radius 1 is 1.45 bits per heavy atom. The van der Waals surface area contributed by atoms with Gasteiger partial charge in [-0.3, -0.25) is 9.59 Å². The number of amides is 2. The number of hydrogen-bond acceptors (Lipinski definition) is 4. The van der Waals surface area contributed by atoms with Crippen LogP contribution in [0.2, 0.25) is 0 Å². The minimum Gasteiger partial charge on any atom is -0.370 e. The van der Waals surface area contributed by atoms with Gasteiger partial charge in [-0.25, -0.2) is 4.39 Å². The maximum Gasteiger partial charge on any atom is 0.243 e. The van der Waals surface area contributed by atoms with Gasteiger partial charge in [-0.05, 0) is 24.1 Å². The minimum absolute atomic E-state index is 0.00892. The summed E-state index contributed by atoms with van der Waals surface area (Å²) in [4.78, 5) is 21.8. The summed E-state index contributed by atoms with van der Waals surface area (Å²) in [5.74, 6) is -1.24. The van der Waals surface area contributed by atoms with Gasteiger partial charge in [-0.15, -0.1) is 0 Å². The first-order valence-corrected chi connectivity index (χ1v) is 6.21. The molecule has 0 saturated carbocycles. The summed E-state index contributed by atoms with van der Waals surface area (Å²) in [6.07, 6.45) is 0.912. The molecule has 0 spiro atoms. The van der Waals surface area contributed by atoms with E-state index in [0.29, 0.717) is 24.1 Å². The lowest BCUT2D eigenvalue weighted by molar-refractivity contribution is -0.122. The Balaban J connectivity index is 2.12. The Labute approximate surface area is 115 Å². The number of benzene rings is 1. The molecule has 6 nitrogen and oxygen atoms in total. The summed E-state index contributed by atoms with van der Waals surface area (Å²) in [6, 6.07) is 2.19. The average molecular weight is 281 g/mol. The van der Waals surface area contributed by atoms with Crippen LogP contribution in [0.4, 0.5) is 10.1 Å². The number of carbonyl (C=O) groups excluding carboxylic acids is 2. The van der Waals surface area contributed by atoms with Gasteiger partial charge >= 0.3 is 0 Å². The third-order valence-electron chi connectivity index (χ3n) is 3.06. The van der Waals surface area contributed by atoms with Gasteiger partial charge in [0.2, 0.25) is 11.8 Å². The van der Waals surface area contributed by atoms with Crippen molar-refractivity contribution in [2.45, 2.75) is 18.9 Å². The Morgan fingerprint density at radius 2 is 2.20 bits per heavy atom. The van der Waals surface area contributed by atoms with Crippen molar-refractivity contribution >= 4 is 17.5 Å². The molecule has 7 heteroatoms.